The van der Waals surface area contributed by atoms with E-state index < -0.39 is 5.60 Å². The van der Waals surface area contributed by atoms with Gasteiger partial charge in [-0.05, 0) is 31.4 Å². The first-order valence-corrected chi connectivity index (χ1v) is 7.83. The van der Waals surface area contributed by atoms with Gasteiger partial charge in [-0.3, -0.25) is 0 Å². The fourth-order valence-corrected chi connectivity index (χ4v) is 2.73. The highest BCUT2D eigenvalue weighted by atomic mass is 19.1. The summed E-state index contributed by atoms with van der Waals surface area (Å²) in [6.07, 6.45) is 3.50. The Labute approximate surface area is 126 Å². The maximum Gasteiger partial charge on any atom is 0.165 e. The van der Waals surface area contributed by atoms with Crippen molar-refractivity contribution in [3.63, 3.8) is 0 Å². The predicted molar refractivity (Wildman–Crippen MR) is 81.9 cm³/mol. The van der Waals surface area contributed by atoms with Gasteiger partial charge in [0.15, 0.2) is 11.6 Å². The molecule has 1 fully saturated rings. The number of halogens is 1. The van der Waals surface area contributed by atoms with Gasteiger partial charge in [0, 0.05) is 12.1 Å². The maximum atomic E-state index is 14.0. The number of hydrogen-bond donors (Lipinski definition) is 2. The molecule has 1 aromatic rings. The topological polar surface area (TPSA) is 41.5 Å². The van der Waals surface area contributed by atoms with Crippen molar-refractivity contribution in [2.75, 3.05) is 13.2 Å². The lowest BCUT2D eigenvalue weighted by Crippen LogP contribution is -2.32. The Bertz CT molecular complexity index is 456. The van der Waals surface area contributed by atoms with E-state index >= 15 is 0 Å². The van der Waals surface area contributed by atoms with Crippen LogP contribution in [0.3, 0.4) is 0 Å². The van der Waals surface area contributed by atoms with Gasteiger partial charge in [0.05, 0.1) is 5.60 Å². The summed E-state index contributed by atoms with van der Waals surface area (Å²) in [6.45, 7) is 5.88. The number of aliphatic hydroxyl groups is 1. The van der Waals surface area contributed by atoms with Crippen molar-refractivity contribution >= 4 is 0 Å². The molecule has 0 atom stereocenters. The summed E-state index contributed by atoms with van der Waals surface area (Å²) in [5, 5.41) is 13.6. The van der Waals surface area contributed by atoms with E-state index in [1.165, 1.54) is 6.07 Å². The normalized spacial score (nSPS) is 17.4. The van der Waals surface area contributed by atoms with Crippen molar-refractivity contribution in [1.82, 2.24) is 5.32 Å². The summed E-state index contributed by atoms with van der Waals surface area (Å²) in [6, 6.07) is 4.96. The molecule has 0 spiro atoms. The molecule has 0 aromatic heterocycles. The van der Waals surface area contributed by atoms with E-state index in [4.69, 9.17) is 4.74 Å². The zero-order valence-electron chi connectivity index (χ0n) is 13.0. The quantitative estimate of drug-likeness (QED) is 0.811. The smallest absolute Gasteiger partial charge is 0.165 e. The number of ether oxygens (including phenoxy) is 1. The molecule has 1 aliphatic rings. The van der Waals surface area contributed by atoms with Crippen molar-refractivity contribution in [1.29, 1.82) is 0 Å². The van der Waals surface area contributed by atoms with Crippen molar-refractivity contribution in [3.05, 3.63) is 29.6 Å². The first kappa shape index (κ1) is 16.2. The lowest BCUT2D eigenvalue weighted by atomic mass is 10.0. The lowest BCUT2D eigenvalue weighted by molar-refractivity contribution is 0.0000115. The van der Waals surface area contributed by atoms with Crippen LogP contribution in [0.1, 0.15) is 45.1 Å². The second kappa shape index (κ2) is 7.23. The molecule has 0 unspecified atom stereocenters. The Balaban J connectivity index is 1.99. The molecule has 0 bridgehead atoms. The van der Waals surface area contributed by atoms with Crippen molar-refractivity contribution < 1.29 is 14.2 Å². The van der Waals surface area contributed by atoms with Gasteiger partial charge < -0.3 is 15.2 Å². The monoisotopic (exact) mass is 295 g/mol. The Morgan fingerprint density at radius 1 is 1.33 bits per heavy atom. The fourth-order valence-electron chi connectivity index (χ4n) is 2.73. The SMILES string of the molecule is CC(C)CNCc1cccc(F)c1OCC1(O)CCCC1. The van der Waals surface area contributed by atoms with E-state index in [9.17, 15) is 9.50 Å². The van der Waals surface area contributed by atoms with Crippen molar-refractivity contribution in [2.45, 2.75) is 51.7 Å². The predicted octanol–water partition coefficient (Wildman–Crippen LogP) is 3.26. The highest BCUT2D eigenvalue weighted by molar-refractivity contribution is 5.35. The van der Waals surface area contributed by atoms with E-state index in [0.717, 1.165) is 37.8 Å². The molecule has 2 N–H and O–H groups in total. The molecule has 0 aliphatic heterocycles. The van der Waals surface area contributed by atoms with E-state index in [2.05, 4.69) is 19.2 Å². The molecule has 2 rings (SSSR count). The van der Waals surface area contributed by atoms with Crippen LogP contribution in [0.5, 0.6) is 5.75 Å². The van der Waals surface area contributed by atoms with Crippen LogP contribution in [-0.2, 0) is 6.54 Å². The van der Waals surface area contributed by atoms with E-state index in [-0.39, 0.29) is 18.2 Å². The maximum absolute atomic E-state index is 14.0. The second-order valence-electron chi connectivity index (χ2n) is 6.47. The molecule has 0 saturated heterocycles. The Morgan fingerprint density at radius 3 is 2.71 bits per heavy atom. The molecule has 1 aromatic carbocycles. The molecule has 1 aliphatic carbocycles. The summed E-state index contributed by atoms with van der Waals surface area (Å²) in [5.41, 5.74) is 0.0162. The highest BCUT2D eigenvalue weighted by Crippen LogP contribution is 2.31. The van der Waals surface area contributed by atoms with Crippen LogP contribution < -0.4 is 10.1 Å². The Kier molecular flexibility index (Phi) is 5.59. The number of hydrogen-bond acceptors (Lipinski definition) is 3. The lowest BCUT2D eigenvalue weighted by Gasteiger charge is -2.23. The van der Waals surface area contributed by atoms with Crippen LogP contribution in [-0.4, -0.2) is 23.9 Å². The fraction of sp³-hybridized carbons (Fsp3) is 0.647. The third-order valence-corrected chi connectivity index (χ3v) is 3.94. The van der Waals surface area contributed by atoms with Gasteiger partial charge in [-0.15, -0.1) is 0 Å². The molecule has 0 radical (unpaired) electrons. The Morgan fingerprint density at radius 2 is 2.05 bits per heavy atom. The number of rotatable bonds is 7. The molecule has 21 heavy (non-hydrogen) atoms. The van der Waals surface area contributed by atoms with Crippen LogP contribution in [0.15, 0.2) is 18.2 Å². The average molecular weight is 295 g/mol. The minimum absolute atomic E-state index is 0.172. The Hall–Kier alpha value is -1.13. The van der Waals surface area contributed by atoms with Crippen molar-refractivity contribution in [2.24, 2.45) is 5.92 Å². The van der Waals surface area contributed by atoms with Crippen LogP contribution in [0.25, 0.3) is 0 Å². The number of benzene rings is 1. The standard InChI is InChI=1S/C17H26FNO2/c1-13(2)10-19-11-14-6-5-7-15(18)16(14)21-12-17(20)8-3-4-9-17/h5-7,13,19-20H,3-4,8-12H2,1-2H3. The molecule has 0 amide bonds. The third kappa shape index (κ3) is 4.68. The third-order valence-electron chi connectivity index (χ3n) is 3.94. The zero-order chi connectivity index (χ0) is 15.3. The zero-order valence-corrected chi connectivity index (χ0v) is 13.0. The molecular formula is C17H26FNO2. The van der Waals surface area contributed by atoms with E-state index in [0.29, 0.717) is 12.5 Å². The van der Waals surface area contributed by atoms with Crippen LogP contribution in [0, 0.1) is 11.7 Å². The highest BCUT2D eigenvalue weighted by Gasteiger charge is 2.32. The van der Waals surface area contributed by atoms with Gasteiger partial charge in [-0.25, -0.2) is 4.39 Å². The van der Waals surface area contributed by atoms with Gasteiger partial charge in [0.1, 0.15) is 6.61 Å². The molecular weight excluding hydrogens is 269 g/mol. The van der Waals surface area contributed by atoms with Crippen LogP contribution >= 0.6 is 0 Å². The summed E-state index contributed by atoms with van der Waals surface area (Å²) < 4.78 is 19.6. The van der Waals surface area contributed by atoms with Gasteiger partial charge >= 0.3 is 0 Å². The van der Waals surface area contributed by atoms with E-state index in [1.54, 1.807) is 6.07 Å². The first-order chi connectivity index (χ1) is 10.0. The summed E-state index contributed by atoms with van der Waals surface area (Å²) in [7, 11) is 0. The molecule has 118 valence electrons. The minimum atomic E-state index is -0.787. The van der Waals surface area contributed by atoms with Crippen LogP contribution in [0.2, 0.25) is 0 Å². The number of para-hydroxylation sites is 1. The molecule has 1 saturated carbocycles. The largest absolute Gasteiger partial charge is 0.487 e. The molecule has 0 heterocycles. The molecule has 4 heteroatoms. The summed E-state index contributed by atoms with van der Waals surface area (Å²) in [4.78, 5) is 0. The second-order valence-corrected chi connectivity index (χ2v) is 6.47. The van der Waals surface area contributed by atoms with Gasteiger partial charge in [0.2, 0.25) is 0 Å². The molecule has 3 nitrogen and oxygen atoms in total. The summed E-state index contributed by atoms with van der Waals surface area (Å²) in [5.74, 6) is 0.455. The first-order valence-electron chi connectivity index (χ1n) is 7.83. The minimum Gasteiger partial charge on any atom is -0.487 e. The average Bonchev–Trinajstić information content (AvgIpc) is 2.85. The van der Waals surface area contributed by atoms with E-state index in [1.807, 2.05) is 6.07 Å². The van der Waals surface area contributed by atoms with Crippen LogP contribution in [0.4, 0.5) is 4.39 Å². The van der Waals surface area contributed by atoms with Gasteiger partial charge in [-0.2, -0.15) is 0 Å². The number of nitrogens with one attached hydrogen (secondary N) is 1. The van der Waals surface area contributed by atoms with Crippen molar-refractivity contribution in [3.8, 4) is 5.75 Å². The van der Waals surface area contributed by atoms with Gasteiger partial charge in [-0.1, -0.05) is 38.8 Å². The van der Waals surface area contributed by atoms with Gasteiger partial charge in [0.25, 0.3) is 0 Å². The summed E-state index contributed by atoms with van der Waals surface area (Å²) >= 11 is 0.